The van der Waals surface area contributed by atoms with Gasteiger partial charge in [0.2, 0.25) is 0 Å². The third-order valence-corrected chi connectivity index (χ3v) is 3.84. The number of aromatic nitrogens is 1. The highest BCUT2D eigenvalue weighted by Crippen LogP contribution is 2.29. The lowest BCUT2D eigenvalue weighted by molar-refractivity contribution is -0.133. The lowest BCUT2D eigenvalue weighted by Crippen LogP contribution is -2.29. The smallest absolute Gasteiger partial charge is 0.356 e. The van der Waals surface area contributed by atoms with Gasteiger partial charge in [0, 0.05) is 4.90 Å². The Labute approximate surface area is 111 Å². The second-order valence-electron chi connectivity index (χ2n) is 3.27. The number of nitrogens with zero attached hydrogens (tertiary/aromatic N) is 1. The number of hydrogen-bond donors (Lipinski definition) is 4. The number of rotatable bonds is 4. The third-order valence-electron chi connectivity index (χ3n) is 2.14. The first-order valence-electron chi connectivity index (χ1n) is 4.82. The molecular formula is C10H10N4O2S2. The molecule has 1 heterocycles. The molecule has 1 aromatic carbocycles. The summed E-state index contributed by atoms with van der Waals surface area (Å²) in [6, 6.07) is 5.59. The van der Waals surface area contributed by atoms with E-state index < -0.39 is 5.97 Å². The molecule has 2 rings (SSSR count). The van der Waals surface area contributed by atoms with E-state index in [2.05, 4.69) is 10.4 Å². The average molecular weight is 282 g/mol. The van der Waals surface area contributed by atoms with Crippen molar-refractivity contribution in [2.75, 3.05) is 0 Å². The first-order chi connectivity index (χ1) is 8.61. The molecule has 0 aliphatic carbocycles. The quantitative estimate of drug-likeness (QED) is 0.287. The molecule has 0 unspecified atom stereocenters. The van der Waals surface area contributed by atoms with Crippen LogP contribution in [0.25, 0.3) is 10.2 Å². The molecule has 18 heavy (non-hydrogen) atoms. The first-order valence-corrected chi connectivity index (χ1v) is 6.52. The molecule has 0 aliphatic rings. The van der Waals surface area contributed by atoms with E-state index in [0.29, 0.717) is 0 Å². The summed E-state index contributed by atoms with van der Waals surface area (Å²) >= 11 is 2.65. The van der Waals surface area contributed by atoms with Crippen LogP contribution in [0.3, 0.4) is 0 Å². The number of carboxylic acid groups (broad SMARTS) is 1. The minimum Gasteiger partial charge on any atom is -0.476 e. The number of hydrogen-bond acceptors (Lipinski definition) is 7. The SMILES string of the molecule is NN/C(C(=O)O)=C(\N)Sc1ccc2ncsc2c1. The van der Waals surface area contributed by atoms with Gasteiger partial charge < -0.3 is 16.3 Å². The van der Waals surface area contributed by atoms with Gasteiger partial charge in [0.05, 0.1) is 15.7 Å². The predicted octanol–water partition coefficient (Wildman–Crippen LogP) is 1.06. The largest absolute Gasteiger partial charge is 0.476 e. The molecule has 94 valence electrons. The Balaban J connectivity index is 2.30. The van der Waals surface area contributed by atoms with Crippen LogP contribution in [0, 0.1) is 0 Å². The molecule has 0 spiro atoms. The van der Waals surface area contributed by atoms with Crippen LogP contribution in [0.2, 0.25) is 0 Å². The highest BCUT2D eigenvalue weighted by Gasteiger charge is 2.12. The molecule has 0 amide bonds. The monoisotopic (exact) mass is 282 g/mol. The summed E-state index contributed by atoms with van der Waals surface area (Å²) in [7, 11) is 0. The van der Waals surface area contributed by atoms with Gasteiger partial charge >= 0.3 is 5.97 Å². The van der Waals surface area contributed by atoms with Crippen LogP contribution < -0.4 is 17.0 Å². The summed E-state index contributed by atoms with van der Waals surface area (Å²) in [6.07, 6.45) is 0. The van der Waals surface area contributed by atoms with Gasteiger partial charge in [-0.1, -0.05) is 11.8 Å². The van der Waals surface area contributed by atoms with Crippen molar-refractivity contribution in [1.29, 1.82) is 0 Å². The second kappa shape index (κ2) is 5.25. The third kappa shape index (κ3) is 2.55. The Morgan fingerprint density at radius 3 is 2.94 bits per heavy atom. The number of carboxylic acids is 1. The Hall–Kier alpha value is -1.77. The van der Waals surface area contributed by atoms with Gasteiger partial charge in [-0.2, -0.15) is 0 Å². The van der Waals surface area contributed by atoms with E-state index in [4.69, 9.17) is 16.7 Å². The number of benzene rings is 1. The van der Waals surface area contributed by atoms with Crippen LogP contribution >= 0.6 is 23.1 Å². The van der Waals surface area contributed by atoms with Gasteiger partial charge in [0.1, 0.15) is 5.03 Å². The van der Waals surface area contributed by atoms with Gasteiger partial charge in [-0.3, -0.25) is 5.84 Å². The fraction of sp³-hybridized carbons (Fsp3) is 0. The number of hydrazine groups is 1. The average Bonchev–Trinajstić information content (AvgIpc) is 2.76. The maximum absolute atomic E-state index is 10.8. The highest BCUT2D eigenvalue weighted by atomic mass is 32.2. The zero-order chi connectivity index (χ0) is 13.1. The lowest BCUT2D eigenvalue weighted by Gasteiger charge is -2.06. The number of thiazole rings is 1. The number of thioether (sulfide) groups is 1. The maximum atomic E-state index is 10.8. The van der Waals surface area contributed by atoms with Crippen LogP contribution in [0.1, 0.15) is 0 Å². The number of fused-ring (bicyclic) bond motifs is 1. The van der Waals surface area contributed by atoms with Crippen molar-refractivity contribution in [3.63, 3.8) is 0 Å². The molecule has 0 saturated heterocycles. The molecule has 0 saturated carbocycles. The molecule has 8 heteroatoms. The topological polar surface area (TPSA) is 114 Å². The summed E-state index contributed by atoms with van der Waals surface area (Å²) in [5, 5.41) is 8.96. The standard InChI is InChI=1S/C10H10N4O2S2/c11-9(8(14-12)10(15)16)18-5-1-2-6-7(3-5)17-4-13-6/h1-4,14H,11-12H2,(H,15,16)/b9-8+. The molecule has 1 aromatic heterocycles. The molecule has 6 nitrogen and oxygen atoms in total. The Morgan fingerprint density at radius 1 is 1.50 bits per heavy atom. The fourth-order valence-corrected chi connectivity index (χ4v) is 2.92. The van der Waals surface area contributed by atoms with Gasteiger partial charge in [-0.15, -0.1) is 11.3 Å². The van der Waals surface area contributed by atoms with Gasteiger partial charge in [0.15, 0.2) is 5.70 Å². The maximum Gasteiger partial charge on any atom is 0.356 e. The highest BCUT2D eigenvalue weighted by molar-refractivity contribution is 8.03. The summed E-state index contributed by atoms with van der Waals surface area (Å²) in [4.78, 5) is 15.8. The Kier molecular flexibility index (Phi) is 3.70. The van der Waals surface area contributed by atoms with Crippen LogP contribution in [0.4, 0.5) is 0 Å². The molecule has 0 bridgehead atoms. The van der Waals surface area contributed by atoms with E-state index in [0.717, 1.165) is 26.9 Å². The first kappa shape index (κ1) is 12.7. The van der Waals surface area contributed by atoms with Crippen molar-refractivity contribution in [2.24, 2.45) is 11.6 Å². The van der Waals surface area contributed by atoms with Gasteiger partial charge in [0.25, 0.3) is 0 Å². The molecule has 0 fully saturated rings. The van der Waals surface area contributed by atoms with Crippen molar-refractivity contribution in [3.05, 3.63) is 34.4 Å². The Morgan fingerprint density at radius 2 is 2.28 bits per heavy atom. The van der Waals surface area contributed by atoms with Crippen molar-refractivity contribution < 1.29 is 9.90 Å². The van der Waals surface area contributed by atoms with Crippen LogP contribution in [0.15, 0.2) is 39.3 Å². The van der Waals surface area contributed by atoms with E-state index >= 15 is 0 Å². The van der Waals surface area contributed by atoms with Crippen molar-refractivity contribution >= 4 is 39.3 Å². The summed E-state index contributed by atoms with van der Waals surface area (Å²) in [5.41, 5.74) is 10.2. The van der Waals surface area contributed by atoms with Crippen molar-refractivity contribution in [3.8, 4) is 0 Å². The summed E-state index contributed by atoms with van der Waals surface area (Å²) in [5.74, 6) is 3.92. The van der Waals surface area contributed by atoms with Crippen molar-refractivity contribution in [2.45, 2.75) is 4.90 Å². The zero-order valence-electron chi connectivity index (χ0n) is 9.08. The predicted molar refractivity (Wildman–Crippen MR) is 71.6 cm³/mol. The molecule has 0 radical (unpaired) electrons. The van der Waals surface area contributed by atoms with Crippen LogP contribution in [0.5, 0.6) is 0 Å². The van der Waals surface area contributed by atoms with Crippen LogP contribution in [-0.2, 0) is 4.79 Å². The molecular weight excluding hydrogens is 272 g/mol. The number of nitrogens with two attached hydrogens (primary N) is 2. The number of aliphatic carboxylic acids is 1. The Bertz CT molecular complexity index is 623. The summed E-state index contributed by atoms with van der Waals surface area (Å²) < 4.78 is 1.02. The normalized spacial score (nSPS) is 12.3. The van der Waals surface area contributed by atoms with Crippen LogP contribution in [-0.4, -0.2) is 16.1 Å². The number of nitrogens with one attached hydrogen (secondary N) is 1. The minimum atomic E-state index is -1.19. The van der Waals surface area contributed by atoms with Gasteiger partial charge in [-0.25, -0.2) is 9.78 Å². The molecule has 2 aromatic rings. The minimum absolute atomic E-state index is 0.105. The van der Waals surface area contributed by atoms with E-state index in [1.165, 1.54) is 11.3 Å². The summed E-state index contributed by atoms with van der Waals surface area (Å²) in [6.45, 7) is 0. The number of carbonyl (C=O) groups is 1. The van der Waals surface area contributed by atoms with E-state index in [9.17, 15) is 4.79 Å². The van der Waals surface area contributed by atoms with Crippen molar-refractivity contribution in [1.82, 2.24) is 10.4 Å². The van der Waals surface area contributed by atoms with Gasteiger partial charge in [-0.05, 0) is 18.2 Å². The van der Waals surface area contributed by atoms with E-state index in [1.807, 2.05) is 18.2 Å². The fourth-order valence-electron chi connectivity index (χ4n) is 1.32. The molecule has 0 atom stereocenters. The molecule has 6 N–H and O–H groups in total. The lowest BCUT2D eigenvalue weighted by atomic mass is 10.3. The zero-order valence-corrected chi connectivity index (χ0v) is 10.7. The molecule has 0 aliphatic heterocycles. The van der Waals surface area contributed by atoms with E-state index in [1.54, 1.807) is 5.51 Å². The van der Waals surface area contributed by atoms with E-state index in [-0.39, 0.29) is 10.7 Å². The second-order valence-corrected chi connectivity index (χ2v) is 5.27.